The maximum absolute atomic E-state index is 13.5. The lowest BCUT2D eigenvalue weighted by atomic mass is 9.46. The fraction of sp³-hybridized carbons (Fsp3) is 0.552. The number of rotatable bonds is 7. The number of hydrogen-bond donors (Lipinski definition) is 2. The molecule has 7 atom stereocenters. The quantitative estimate of drug-likeness (QED) is 0.302. The summed E-state index contributed by atoms with van der Waals surface area (Å²) in [6.07, 6.45) is 6.84. The van der Waals surface area contributed by atoms with Gasteiger partial charge in [-0.1, -0.05) is 43.7 Å². The smallest absolute Gasteiger partial charge is 0.338 e. The highest BCUT2D eigenvalue weighted by Crippen LogP contribution is 2.67. The van der Waals surface area contributed by atoms with Gasteiger partial charge >= 0.3 is 5.97 Å². The highest BCUT2D eigenvalue weighted by atomic mass is 16.9. The number of benzene rings is 1. The number of aliphatic hydroxyl groups is 2. The van der Waals surface area contributed by atoms with E-state index in [2.05, 4.69) is 11.8 Å². The van der Waals surface area contributed by atoms with Gasteiger partial charge in [-0.15, -0.1) is 10.1 Å². The maximum atomic E-state index is 13.5. The van der Waals surface area contributed by atoms with E-state index in [1.54, 1.807) is 24.3 Å². The Balaban J connectivity index is 1.32. The normalized spacial score (nSPS) is 36.7. The number of esters is 1. The van der Waals surface area contributed by atoms with Gasteiger partial charge < -0.3 is 19.8 Å². The number of carbonyl (C=O) groups excluding carboxylic acids is 3. The van der Waals surface area contributed by atoms with Gasteiger partial charge in [0.2, 0.25) is 5.78 Å². The minimum Gasteiger partial charge on any atom is -0.454 e. The summed E-state index contributed by atoms with van der Waals surface area (Å²) in [6.45, 7) is 2.80. The van der Waals surface area contributed by atoms with E-state index in [1.807, 2.05) is 13.0 Å². The predicted octanol–water partition coefficient (Wildman–Crippen LogP) is 3.13. The molecule has 0 spiro atoms. The van der Waals surface area contributed by atoms with Crippen LogP contribution in [0.25, 0.3) is 0 Å². The van der Waals surface area contributed by atoms with Crippen molar-refractivity contribution in [1.82, 2.24) is 0 Å². The number of Topliss-reactive ketones (excluding diaryl/α,β-unsaturated/α-hetero) is 1. The van der Waals surface area contributed by atoms with Crippen molar-refractivity contribution in [3.05, 3.63) is 69.3 Å². The van der Waals surface area contributed by atoms with E-state index < -0.39 is 52.6 Å². The standard InChI is InChI=1S/C29H33NO9/c1-27-11-9-19(31)13-18(27)7-8-21-22-10-12-29(35,28(22,2)14-23(32)25(21)27)24(33)16-38-26(34)20-6-4-3-5-17(20)15-39-30(36)37/h3-6,9,11,13,21-23,25,32,35H,7-8,10,12,14-16H2,1-2H3/t21-,22-,23-,25+,27-,28-,29-/m0/s1. The second kappa shape index (κ2) is 9.67. The van der Waals surface area contributed by atoms with Crippen LogP contribution in [-0.4, -0.2) is 51.1 Å². The molecule has 3 saturated carbocycles. The number of hydrogen-bond acceptors (Lipinski definition) is 9. The Morgan fingerprint density at radius 2 is 1.95 bits per heavy atom. The summed E-state index contributed by atoms with van der Waals surface area (Å²) in [7, 11) is 0. The Morgan fingerprint density at radius 3 is 2.69 bits per heavy atom. The minimum atomic E-state index is -1.78. The summed E-state index contributed by atoms with van der Waals surface area (Å²) < 4.78 is 5.29. The van der Waals surface area contributed by atoms with Gasteiger partial charge in [0.1, 0.15) is 12.2 Å². The molecule has 2 N–H and O–H groups in total. The van der Waals surface area contributed by atoms with Gasteiger partial charge in [-0.2, -0.15) is 0 Å². The molecule has 0 aromatic heterocycles. The van der Waals surface area contributed by atoms with Gasteiger partial charge in [-0.25, -0.2) is 4.79 Å². The molecule has 0 radical (unpaired) electrons. The lowest BCUT2D eigenvalue weighted by Crippen LogP contribution is -2.61. The monoisotopic (exact) mass is 539 g/mol. The van der Waals surface area contributed by atoms with Crippen molar-refractivity contribution in [3.63, 3.8) is 0 Å². The maximum Gasteiger partial charge on any atom is 0.338 e. The Kier molecular flexibility index (Phi) is 6.75. The van der Waals surface area contributed by atoms with Crippen LogP contribution >= 0.6 is 0 Å². The van der Waals surface area contributed by atoms with Gasteiger partial charge in [0, 0.05) is 16.7 Å². The van der Waals surface area contributed by atoms with Crippen LogP contribution in [-0.2, 0) is 25.8 Å². The molecule has 4 aliphatic rings. The van der Waals surface area contributed by atoms with Gasteiger partial charge in [0.25, 0.3) is 5.09 Å². The predicted molar refractivity (Wildman–Crippen MR) is 136 cm³/mol. The second-order valence-electron chi connectivity index (χ2n) is 11.8. The van der Waals surface area contributed by atoms with Crippen LogP contribution in [0.4, 0.5) is 0 Å². The van der Waals surface area contributed by atoms with Crippen molar-refractivity contribution < 1.29 is 39.3 Å². The van der Waals surface area contributed by atoms with E-state index in [9.17, 15) is 34.7 Å². The molecular weight excluding hydrogens is 506 g/mol. The fourth-order valence-corrected chi connectivity index (χ4v) is 8.08. The average Bonchev–Trinajstić information content (AvgIpc) is 3.17. The molecule has 0 saturated heterocycles. The minimum absolute atomic E-state index is 0.0278. The molecule has 0 amide bonds. The number of nitrogens with zero attached hydrogens (tertiary/aromatic N) is 1. The Hall–Kier alpha value is -3.37. The van der Waals surface area contributed by atoms with Gasteiger partial charge in [0.15, 0.2) is 12.4 Å². The van der Waals surface area contributed by atoms with E-state index >= 15 is 0 Å². The van der Waals surface area contributed by atoms with Crippen LogP contribution in [0.2, 0.25) is 0 Å². The van der Waals surface area contributed by atoms with Crippen LogP contribution in [0.1, 0.15) is 61.9 Å². The largest absolute Gasteiger partial charge is 0.454 e. The first-order chi connectivity index (χ1) is 18.4. The van der Waals surface area contributed by atoms with Crippen LogP contribution in [0.5, 0.6) is 0 Å². The zero-order valence-electron chi connectivity index (χ0n) is 22.0. The summed E-state index contributed by atoms with van der Waals surface area (Å²) in [6, 6.07) is 6.06. The summed E-state index contributed by atoms with van der Waals surface area (Å²) >= 11 is 0. The molecule has 10 heteroatoms. The molecule has 4 aliphatic carbocycles. The molecule has 3 fully saturated rings. The molecule has 0 aliphatic heterocycles. The topological polar surface area (TPSA) is 153 Å². The third kappa shape index (κ3) is 4.30. The van der Waals surface area contributed by atoms with Crippen LogP contribution < -0.4 is 0 Å². The lowest BCUT2D eigenvalue weighted by Gasteiger charge is -2.59. The van der Waals surface area contributed by atoms with Crippen molar-refractivity contribution in [2.45, 2.75) is 64.3 Å². The highest BCUT2D eigenvalue weighted by molar-refractivity contribution is 6.01. The Labute approximate surface area is 225 Å². The highest BCUT2D eigenvalue weighted by Gasteiger charge is 2.68. The van der Waals surface area contributed by atoms with Gasteiger partial charge in [0.05, 0.1) is 11.7 Å². The first kappa shape index (κ1) is 27.2. The molecule has 0 heterocycles. The molecule has 1 aromatic carbocycles. The van der Waals surface area contributed by atoms with Crippen molar-refractivity contribution in [2.75, 3.05) is 6.61 Å². The van der Waals surface area contributed by atoms with Crippen LogP contribution in [0.3, 0.4) is 0 Å². The zero-order valence-corrected chi connectivity index (χ0v) is 22.0. The number of carbonyl (C=O) groups is 3. The van der Waals surface area contributed by atoms with Crippen molar-refractivity contribution in [1.29, 1.82) is 0 Å². The molecule has 5 rings (SSSR count). The van der Waals surface area contributed by atoms with Crippen LogP contribution in [0.15, 0.2) is 48.1 Å². The molecule has 10 nitrogen and oxygen atoms in total. The number of ketones is 2. The number of allylic oxidation sites excluding steroid dienone is 4. The number of aliphatic hydroxyl groups excluding tert-OH is 1. The van der Waals surface area contributed by atoms with E-state index in [0.717, 1.165) is 18.4 Å². The summed E-state index contributed by atoms with van der Waals surface area (Å²) in [4.78, 5) is 53.2. The number of fused-ring (bicyclic) bond motifs is 5. The summed E-state index contributed by atoms with van der Waals surface area (Å²) in [5.74, 6) is -1.63. The molecular formula is C29H33NO9. The van der Waals surface area contributed by atoms with Crippen molar-refractivity contribution in [2.24, 2.45) is 28.6 Å². The van der Waals surface area contributed by atoms with Crippen molar-refractivity contribution >= 4 is 17.5 Å². The third-order valence-corrected chi connectivity index (χ3v) is 10.0. The van der Waals surface area contributed by atoms with E-state index in [4.69, 9.17) is 4.74 Å². The Bertz CT molecular complexity index is 1290. The van der Waals surface area contributed by atoms with Gasteiger partial charge in [-0.3, -0.25) is 9.59 Å². The average molecular weight is 540 g/mol. The lowest BCUT2D eigenvalue weighted by molar-refractivity contribution is -0.763. The first-order valence-corrected chi connectivity index (χ1v) is 13.3. The molecule has 0 bridgehead atoms. The molecule has 39 heavy (non-hydrogen) atoms. The number of ether oxygens (including phenoxy) is 1. The summed E-state index contributed by atoms with van der Waals surface area (Å²) in [5, 5.41) is 32.9. The molecule has 208 valence electrons. The second-order valence-corrected chi connectivity index (χ2v) is 11.8. The van der Waals surface area contributed by atoms with Crippen molar-refractivity contribution in [3.8, 4) is 0 Å². The third-order valence-electron chi connectivity index (χ3n) is 10.0. The first-order valence-electron chi connectivity index (χ1n) is 13.3. The van der Waals surface area contributed by atoms with Crippen LogP contribution in [0, 0.1) is 38.7 Å². The Morgan fingerprint density at radius 1 is 1.21 bits per heavy atom. The molecule has 0 unspecified atom stereocenters. The fourth-order valence-electron chi connectivity index (χ4n) is 8.08. The van der Waals surface area contributed by atoms with Gasteiger partial charge in [-0.05, 0) is 67.7 Å². The summed E-state index contributed by atoms with van der Waals surface area (Å²) in [5.41, 5.74) is -1.86. The van der Waals surface area contributed by atoms with E-state index in [1.165, 1.54) is 12.1 Å². The zero-order chi connectivity index (χ0) is 28.2. The molecule has 1 aromatic rings. The van der Waals surface area contributed by atoms with E-state index in [0.29, 0.717) is 6.42 Å². The van der Waals surface area contributed by atoms with E-state index in [-0.39, 0.29) is 47.5 Å². The SMILES string of the molecule is C[C@]12C=CC(=O)C=C1CC[C@@H]1[C@@H]2[C@@H](O)C[C@@]2(C)[C@H]1CC[C@]2(O)C(=O)COC(=O)c1ccccc1CO[N+](=O)[O-].